The van der Waals surface area contributed by atoms with Gasteiger partial charge in [0.25, 0.3) is 0 Å². The van der Waals surface area contributed by atoms with Crippen LogP contribution >= 0.6 is 0 Å². The molecule has 0 saturated carbocycles. The Bertz CT molecular complexity index is 600. The summed E-state index contributed by atoms with van der Waals surface area (Å²) in [4.78, 5) is 12.4. The van der Waals surface area contributed by atoms with Crippen LogP contribution in [-0.4, -0.2) is 22.7 Å². The Balaban J connectivity index is 2.42. The lowest BCUT2D eigenvalue weighted by atomic mass is 9.98. The molecule has 1 heterocycles. The van der Waals surface area contributed by atoms with Crippen molar-refractivity contribution in [1.82, 2.24) is 9.78 Å². The summed E-state index contributed by atoms with van der Waals surface area (Å²) in [6.07, 6.45) is 3.27. The van der Waals surface area contributed by atoms with E-state index in [4.69, 9.17) is 4.74 Å². The molecule has 4 nitrogen and oxygen atoms in total. The van der Waals surface area contributed by atoms with E-state index in [0.717, 1.165) is 5.56 Å². The fraction of sp³-hybridized carbons (Fsp3) is 0.333. The average Bonchev–Trinajstić information content (AvgIpc) is 2.83. The molecule has 0 aliphatic carbocycles. The summed E-state index contributed by atoms with van der Waals surface area (Å²) in [5, 5.41) is 4.02. The first kappa shape index (κ1) is 13.3. The Kier molecular flexibility index (Phi) is 3.69. The molecule has 0 radical (unpaired) electrons. The lowest BCUT2D eigenvalue weighted by Crippen LogP contribution is -2.04. The first-order valence-electron chi connectivity index (χ1n) is 6.24. The van der Waals surface area contributed by atoms with Gasteiger partial charge in [0, 0.05) is 13.2 Å². The molecule has 0 bridgehead atoms. The fourth-order valence-electron chi connectivity index (χ4n) is 1.95. The number of methoxy groups -OCH3 is 1. The number of carbonyl (C=O) groups excluding carboxylic acids is 1. The quantitative estimate of drug-likeness (QED) is 0.792. The van der Waals surface area contributed by atoms with E-state index >= 15 is 0 Å². The molecule has 0 spiro atoms. The SMILES string of the molecule is COc1cc(C(C)C)ccc1C(=O)c1cnn(C)c1. The third-order valence-electron chi connectivity index (χ3n) is 3.10. The van der Waals surface area contributed by atoms with Crippen LogP contribution in [0.2, 0.25) is 0 Å². The number of hydrogen-bond acceptors (Lipinski definition) is 3. The Morgan fingerprint density at radius 2 is 2.11 bits per heavy atom. The molecule has 1 aromatic heterocycles. The van der Waals surface area contributed by atoms with Crippen LogP contribution in [0, 0.1) is 0 Å². The highest BCUT2D eigenvalue weighted by Crippen LogP contribution is 2.26. The van der Waals surface area contributed by atoms with E-state index in [1.165, 1.54) is 0 Å². The van der Waals surface area contributed by atoms with Crippen molar-refractivity contribution in [3.8, 4) is 5.75 Å². The van der Waals surface area contributed by atoms with Crippen molar-refractivity contribution < 1.29 is 9.53 Å². The summed E-state index contributed by atoms with van der Waals surface area (Å²) in [7, 11) is 3.37. The number of hydrogen-bond donors (Lipinski definition) is 0. The number of aromatic nitrogens is 2. The van der Waals surface area contributed by atoms with Gasteiger partial charge in [-0.05, 0) is 23.6 Å². The number of ketones is 1. The first-order chi connectivity index (χ1) is 9.02. The van der Waals surface area contributed by atoms with E-state index in [2.05, 4.69) is 18.9 Å². The molecule has 0 aliphatic heterocycles. The summed E-state index contributed by atoms with van der Waals surface area (Å²) < 4.78 is 6.95. The van der Waals surface area contributed by atoms with E-state index in [1.807, 2.05) is 18.2 Å². The zero-order valence-electron chi connectivity index (χ0n) is 11.7. The minimum Gasteiger partial charge on any atom is -0.496 e. The summed E-state index contributed by atoms with van der Waals surface area (Å²) in [6, 6.07) is 5.72. The summed E-state index contributed by atoms with van der Waals surface area (Å²) in [6.45, 7) is 4.22. The molecule has 0 N–H and O–H groups in total. The lowest BCUT2D eigenvalue weighted by Gasteiger charge is -2.11. The van der Waals surface area contributed by atoms with Gasteiger partial charge in [0.2, 0.25) is 0 Å². The van der Waals surface area contributed by atoms with Crippen molar-refractivity contribution in [2.24, 2.45) is 7.05 Å². The lowest BCUT2D eigenvalue weighted by molar-refractivity contribution is 0.103. The van der Waals surface area contributed by atoms with Gasteiger partial charge in [0.15, 0.2) is 5.78 Å². The highest BCUT2D eigenvalue weighted by molar-refractivity contribution is 6.10. The molecule has 19 heavy (non-hydrogen) atoms. The predicted molar refractivity (Wildman–Crippen MR) is 73.7 cm³/mol. The van der Waals surface area contributed by atoms with Gasteiger partial charge in [-0.25, -0.2) is 0 Å². The maximum Gasteiger partial charge on any atom is 0.199 e. The van der Waals surface area contributed by atoms with E-state index in [9.17, 15) is 4.79 Å². The van der Waals surface area contributed by atoms with Gasteiger partial charge in [-0.2, -0.15) is 5.10 Å². The topological polar surface area (TPSA) is 44.1 Å². The molecule has 2 rings (SSSR count). The van der Waals surface area contributed by atoms with Gasteiger partial charge in [0.05, 0.1) is 24.4 Å². The van der Waals surface area contributed by atoms with Crippen molar-refractivity contribution >= 4 is 5.78 Å². The minimum atomic E-state index is -0.0692. The van der Waals surface area contributed by atoms with Crippen LogP contribution in [0.25, 0.3) is 0 Å². The smallest absolute Gasteiger partial charge is 0.199 e. The highest BCUT2D eigenvalue weighted by atomic mass is 16.5. The number of aryl methyl sites for hydroxylation is 1. The molecule has 2 aromatic rings. The number of nitrogens with zero attached hydrogens (tertiary/aromatic N) is 2. The number of ether oxygens (including phenoxy) is 1. The van der Waals surface area contributed by atoms with E-state index in [0.29, 0.717) is 22.8 Å². The molecule has 1 aromatic carbocycles. The average molecular weight is 258 g/mol. The van der Waals surface area contributed by atoms with Crippen LogP contribution < -0.4 is 4.74 Å². The normalized spacial score (nSPS) is 10.8. The van der Waals surface area contributed by atoms with Crippen molar-refractivity contribution in [3.05, 3.63) is 47.3 Å². The molecule has 0 amide bonds. The van der Waals surface area contributed by atoms with Crippen LogP contribution in [0.5, 0.6) is 5.75 Å². The highest BCUT2D eigenvalue weighted by Gasteiger charge is 2.16. The van der Waals surface area contributed by atoms with Crippen LogP contribution in [0.15, 0.2) is 30.6 Å². The van der Waals surface area contributed by atoms with E-state index < -0.39 is 0 Å². The number of benzene rings is 1. The van der Waals surface area contributed by atoms with Crippen molar-refractivity contribution in [3.63, 3.8) is 0 Å². The molecule has 0 fully saturated rings. The molecule has 100 valence electrons. The third kappa shape index (κ3) is 2.67. The van der Waals surface area contributed by atoms with Crippen molar-refractivity contribution in [2.45, 2.75) is 19.8 Å². The molecular weight excluding hydrogens is 240 g/mol. The fourth-order valence-corrected chi connectivity index (χ4v) is 1.95. The van der Waals surface area contributed by atoms with Crippen LogP contribution in [0.4, 0.5) is 0 Å². The second kappa shape index (κ2) is 5.26. The van der Waals surface area contributed by atoms with Crippen LogP contribution in [0.1, 0.15) is 41.3 Å². The van der Waals surface area contributed by atoms with Gasteiger partial charge >= 0.3 is 0 Å². The maximum atomic E-state index is 12.4. The largest absolute Gasteiger partial charge is 0.496 e. The van der Waals surface area contributed by atoms with Gasteiger partial charge in [-0.15, -0.1) is 0 Å². The molecule has 0 saturated heterocycles. The molecular formula is C15H18N2O2. The third-order valence-corrected chi connectivity index (χ3v) is 3.10. The number of rotatable bonds is 4. The second-order valence-corrected chi connectivity index (χ2v) is 4.85. The summed E-state index contributed by atoms with van der Waals surface area (Å²) in [5.41, 5.74) is 2.29. The van der Waals surface area contributed by atoms with E-state index in [1.54, 1.807) is 31.2 Å². The second-order valence-electron chi connectivity index (χ2n) is 4.85. The Hall–Kier alpha value is -2.10. The molecule has 0 atom stereocenters. The predicted octanol–water partition coefficient (Wildman–Crippen LogP) is 2.78. The van der Waals surface area contributed by atoms with Gasteiger partial charge in [0.1, 0.15) is 5.75 Å². The molecule has 0 aliphatic rings. The Labute approximate surface area is 113 Å². The standard InChI is InChI=1S/C15H18N2O2/c1-10(2)11-5-6-13(14(7-11)19-4)15(18)12-8-16-17(3)9-12/h5-10H,1-4H3. The Morgan fingerprint density at radius 3 is 2.63 bits per heavy atom. The van der Waals surface area contributed by atoms with Gasteiger partial charge < -0.3 is 4.74 Å². The van der Waals surface area contributed by atoms with Crippen molar-refractivity contribution in [2.75, 3.05) is 7.11 Å². The van der Waals surface area contributed by atoms with Crippen LogP contribution in [-0.2, 0) is 7.05 Å². The molecule has 0 unspecified atom stereocenters. The number of carbonyl (C=O) groups is 1. The molecule has 4 heteroatoms. The van der Waals surface area contributed by atoms with Crippen molar-refractivity contribution in [1.29, 1.82) is 0 Å². The van der Waals surface area contributed by atoms with E-state index in [-0.39, 0.29) is 5.78 Å². The summed E-state index contributed by atoms with van der Waals surface area (Å²) >= 11 is 0. The van der Waals surface area contributed by atoms with Gasteiger partial charge in [-0.1, -0.05) is 19.9 Å². The Morgan fingerprint density at radius 1 is 1.37 bits per heavy atom. The maximum absolute atomic E-state index is 12.4. The monoisotopic (exact) mass is 258 g/mol. The summed E-state index contributed by atoms with van der Waals surface area (Å²) in [5.74, 6) is 0.941. The minimum absolute atomic E-state index is 0.0692. The first-order valence-corrected chi connectivity index (χ1v) is 6.24. The zero-order valence-corrected chi connectivity index (χ0v) is 11.7. The zero-order chi connectivity index (χ0) is 14.0. The van der Waals surface area contributed by atoms with Crippen LogP contribution in [0.3, 0.4) is 0 Å². The van der Waals surface area contributed by atoms with Gasteiger partial charge in [-0.3, -0.25) is 9.48 Å².